The summed E-state index contributed by atoms with van der Waals surface area (Å²) in [5, 5.41) is 6.84. The Kier molecular flexibility index (Phi) is 5.99. The summed E-state index contributed by atoms with van der Waals surface area (Å²) in [7, 11) is 0. The predicted molar refractivity (Wildman–Crippen MR) is 92.6 cm³/mol. The van der Waals surface area contributed by atoms with E-state index in [1.165, 1.54) is 11.1 Å². The first-order valence-corrected chi connectivity index (χ1v) is 7.75. The van der Waals surface area contributed by atoms with Gasteiger partial charge in [-0.25, -0.2) is 0 Å². The van der Waals surface area contributed by atoms with Gasteiger partial charge in [0.25, 0.3) is 0 Å². The van der Waals surface area contributed by atoms with Crippen LogP contribution in [0.2, 0.25) is 5.02 Å². The molecule has 0 aromatic heterocycles. The van der Waals surface area contributed by atoms with Gasteiger partial charge in [-0.1, -0.05) is 35.9 Å². The number of carbonyl (C=O) groups excluding carboxylic acids is 1. The van der Waals surface area contributed by atoms with Gasteiger partial charge in [0.05, 0.1) is 6.54 Å². The van der Waals surface area contributed by atoms with Crippen molar-refractivity contribution in [3.05, 3.63) is 64.2 Å². The number of benzene rings is 2. The molecule has 0 heterocycles. The van der Waals surface area contributed by atoms with E-state index in [-0.39, 0.29) is 5.91 Å². The van der Waals surface area contributed by atoms with E-state index in [1.807, 2.05) is 56.3 Å². The standard InChI is InChI=1S/C18H21ClN2O/c1-13-4-3-5-17(14(13)2)21-18(22)12-20-11-10-15-6-8-16(19)9-7-15/h3-9,20H,10-12H2,1-2H3,(H,21,22). The Morgan fingerprint density at radius 3 is 2.55 bits per heavy atom. The third-order valence-electron chi connectivity index (χ3n) is 3.67. The zero-order chi connectivity index (χ0) is 15.9. The summed E-state index contributed by atoms with van der Waals surface area (Å²) in [5.41, 5.74) is 4.36. The monoisotopic (exact) mass is 316 g/mol. The first-order valence-electron chi connectivity index (χ1n) is 7.37. The number of hydrogen-bond acceptors (Lipinski definition) is 2. The van der Waals surface area contributed by atoms with E-state index in [0.29, 0.717) is 6.54 Å². The second kappa shape index (κ2) is 7.97. The summed E-state index contributed by atoms with van der Waals surface area (Å²) in [5.74, 6) is -0.0233. The Labute approximate surface area is 136 Å². The molecule has 2 aromatic rings. The maximum atomic E-state index is 11.9. The number of anilines is 1. The number of carbonyl (C=O) groups is 1. The van der Waals surface area contributed by atoms with Crippen molar-refractivity contribution in [2.24, 2.45) is 0 Å². The lowest BCUT2D eigenvalue weighted by Crippen LogP contribution is -2.29. The largest absolute Gasteiger partial charge is 0.325 e. The molecule has 2 aromatic carbocycles. The fourth-order valence-corrected chi connectivity index (χ4v) is 2.29. The van der Waals surface area contributed by atoms with Crippen LogP contribution >= 0.6 is 11.6 Å². The number of nitrogens with one attached hydrogen (secondary N) is 2. The molecule has 2 N–H and O–H groups in total. The van der Waals surface area contributed by atoms with Crippen molar-refractivity contribution in [3.63, 3.8) is 0 Å². The highest BCUT2D eigenvalue weighted by Gasteiger charge is 2.05. The number of aryl methyl sites for hydroxylation is 1. The van der Waals surface area contributed by atoms with Crippen molar-refractivity contribution < 1.29 is 4.79 Å². The van der Waals surface area contributed by atoms with Crippen molar-refractivity contribution in [1.82, 2.24) is 5.32 Å². The van der Waals surface area contributed by atoms with Gasteiger partial charge in [0.1, 0.15) is 0 Å². The Bertz CT molecular complexity index is 638. The van der Waals surface area contributed by atoms with Crippen molar-refractivity contribution in [1.29, 1.82) is 0 Å². The first-order chi connectivity index (χ1) is 10.6. The van der Waals surface area contributed by atoms with Gasteiger partial charge in [-0.3, -0.25) is 4.79 Å². The van der Waals surface area contributed by atoms with Crippen LogP contribution in [-0.2, 0) is 11.2 Å². The number of halogens is 1. The molecule has 0 atom stereocenters. The molecule has 0 fully saturated rings. The molecule has 1 amide bonds. The van der Waals surface area contributed by atoms with Gasteiger partial charge in [0.2, 0.25) is 5.91 Å². The number of rotatable bonds is 6. The lowest BCUT2D eigenvalue weighted by atomic mass is 10.1. The van der Waals surface area contributed by atoms with E-state index < -0.39 is 0 Å². The molecule has 0 bridgehead atoms. The highest BCUT2D eigenvalue weighted by molar-refractivity contribution is 6.30. The van der Waals surface area contributed by atoms with E-state index in [1.54, 1.807) is 0 Å². The van der Waals surface area contributed by atoms with Crippen molar-refractivity contribution in [2.45, 2.75) is 20.3 Å². The van der Waals surface area contributed by atoms with Crippen LogP contribution in [0.5, 0.6) is 0 Å². The van der Waals surface area contributed by atoms with E-state index in [0.717, 1.165) is 29.2 Å². The molecule has 0 saturated carbocycles. The van der Waals surface area contributed by atoms with E-state index >= 15 is 0 Å². The molecule has 4 heteroatoms. The maximum absolute atomic E-state index is 11.9. The van der Waals surface area contributed by atoms with E-state index in [2.05, 4.69) is 10.6 Å². The Balaban J connectivity index is 1.74. The average molecular weight is 317 g/mol. The van der Waals surface area contributed by atoms with Gasteiger partial charge in [0.15, 0.2) is 0 Å². The number of amides is 1. The quantitative estimate of drug-likeness (QED) is 0.797. The summed E-state index contributed by atoms with van der Waals surface area (Å²) in [6, 6.07) is 13.7. The smallest absolute Gasteiger partial charge is 0.238 e. The summed E-state index contributed by atoms with van der Waals surface area (Å²) >= 11 is 5.85. The van der Waals surface area contributed by atoms with Crippen LogP contribution in [0.25, 0.3) is 0 Å². The fourth-order valence-electron chi connectivity index (χ4n) is 2.17. The molecule has 0 aliphatic carbocycles. The van der Waals surface area contributed by atoms with Crippen LogP contribution in [0.1, 0.15) is 16.7 Å². The van der Waals surface area contributed by atoms with Gasteiger partial charge in [0, 0.05) is 10.7 Å². The van der Waals surface area contributed by atoms with Crippen LogP contribution in [0, 0.1) is 13.8 Å². The molecule has 22 heavy (non-hydrogen) atoms. The van der Waals surface area contributed by atoms with Crippen LogP contribution in [0.15, 0.2) is 42.5 Å². The third kappa shape index (κ3) is 4.86. The molecular formula is C18H21ClN2O. The minimum Gasteiger partial charge on any atom is -0.325 e. The van der Waals surface area contributed by atoms with Crippen LogP contribution in [0.3, 0.4) is 0 Å². The Morgan fingerprint density at radius 1 is 1.09 bits per heavy atom. The van der Waals surface area contributed by atoms with E-state index in [9.17, 15) is 4.79 Å². The molecule has 0 unspecified atom stereocenters. The van der Waals surface area contributed by atoms with Crippen LogP contribution in [-0.4, -0.2) is 19.0 Å². The zero-order valence-electron chi connectivity index (χ0n) is 12.9. The van der Waals surface area contributed by atoms with E-state index in [4.69, 9.17) is 11.6 Å². The van der Waals surface area contributed by atoms with Crippen molar-refractivity contribution >= 4 is 23.2 Å². The highest BCUT2D eigenvalue weighted by Crippen LogP contribution is 2.17. The highest BCUT2D eigenvalue weighted by atomic mass is 35.5. The van der Waals surface area contributed by atoms with Crippen LogP contribution in [0.4, 0.5) is 5.69 Å². The zero-order valence-corrected chi connectivity index (χ0v) is 13.7. The minimum atomic E-state index is -0.0233. The molecule has 2 rings (SSSR count). The maximum Gasteiger partial charge on any atom is 0.238 e. The Morgan fingerprint density at radius 2 is 1.82 bits per heavy atom. The lowest BCUT2D eigenvalue weighted by molar-refractivity contribution is -0.115. The molecular weight excluding hydrogens is 296 g/mol. The summed E-state index contributed by atoms with van der Waals surface area (Å²) < 4.78 is 0. The minimum absolute atomic E-state index is 0.0233. The molecule has 0 aliphatic rings. The summed E-state index contributed by atoms with van der Waals surface area (Å²) in [6.45, 7) is 5.11. The van der Waals surface area contributed by atoms with Gasteiger partial charge < -0.3 is 10.6 Å². The van der Waals surface area contributed by atoms with Crippen LogP contribution < -0.4 is 10.6 Å². The molecule has 0 spiro atoms. The second-order valence-corrected chi connectivity index (χ2v) is 5.79. The molecule has 0 saturated heterocycles. The average Bonchev–Trinajstić information content (AvgIpc) is 2.50. The number of hydrogen-bond donors (Lipinski definition) is 2. The van der Waals surface area contributed by atoms with Crippen molar-refractivity contribution in [2.75, 3.05) is 18.4 Å². The summed E-state index contributed by atoms with van der Waals surface area (Å²) in [4.78, 5) is 11.9. The predicted octanol–water partition coefficient (Wildman–Crippen LogP) is 3.73. The topological polar surface area (TPSA) is 41.1 Å². The van der Waals surface area contributed by atoms with Crippen molar-refractivity contribution in [3.8, 4) is 0 Å². The summed E-state index contributed by atoms with van der Waals surface area (Å²) in [6.07, 6.45) is 0.869. The normalized spacial score (nSPS) is 10.5. The molecule has 116 valence electrons. The molecule has 0 aliphatic heterocycles. The SMILES string of the molecule is Cc1cccc(NC(=O)CNCCc2ccc(Cl)cc2)c1C. The van der Waals surface area contributed by atoms with Gasteiger partial charge in [-0.2, -0.15) is 0 Å². The fraction of sp³-hybridized carbons (Fsp3) is 0.278. The lowest BCUT2D eigenvalue weighted by Gasteiger charge is -2.11. The van der Waals surface area contributed by atoms with Gasteiger partial charge in [-0.05, 0) is 61.7 Å². The molecule has 0 radical (unpaired) electrons. The van der Waals surface area contributed by atoms with Gasteiger partial charge >= 0.3 is 0 Å². The molecule has 3 nitrogen and oxygen atoms in total. The van der Waals surface area contributed by atoms with Gasteiger partial charge in [-0.15, -0.1) is 0 Å². The third-order valence-corrected chi connectivity index (χ3v) is 3.92. The second-order valence-electron chi connectivity index (χ2n) is 5.35. The first kappa shape index (κ1) is 16.5. The Hall–Kier alpha value is -1.84.